The maximum Gasteiger partial charge on any atom is 4.00 e. The first-order valence-corrected chi connectivity index (χ1v) is 4.49. The van der Waals surface area contributed by atoms with E-state index >= 15 is 0 Å². The van der Waals surface area contributed by atoms with Gasteiger partial charge in [0.15, 0.2) is 0 Å². The van der Waals surface area contributed by atoms with Crippen LogP contribution in [-0.4, -0.2) is 62.3 Å². The first-order chi connectivity index (χ1) is 6.70. The molecule has 1 aliphatic rings. The summed E-state index contributed by atoms with van der Waals surface area (Å²) in [5.74, 6) is -1.01. The monoisotopic (exact) mass is 414 g/mol. The van der Waals surface area contributed by atoms with Gasteiger partial charge in [-0.2, -0.15) is 13.1 Å². The molecule has 0 aromatic carbocycles. The third-order valence-electron chi connectivity index (χ3n) is 1.58. The minimum absolute atomic E-state index is 0. The van der Waals surface area contributed by atoms with Gasteiger partial charge in [-0.25, -0.2) is 0 Å². The number of hydrogen-bond acceptors (Lipinski definition) is 5. The number of nitrogens with zero attached hydrogens (tertiary/aromatic N) is 1. The molecular formula is C8H17N3O4Pt. The molecule has 0 amide bonds. The van der Waals surface area contributed by atoms with Crippen LogP contribution in [-0.2, 0) is 30.6 Å². The molecule has 7 nitrogen and oxygen atoms in total. The largest absolute Gasteiger partial charge is 4.00 e. The Morgan fingerprint density at radius 1 is 1.25 bits per heavy atom. The smallest absolute Gasteiger partial charge is 0.870 e. The molecule has 1 saturated heterocycles. The second-order valence-electron chi connectivity index (χ2n) is 2.76. The Hall–Kier alpha value is -0.0417. The van der Waals surface area contributed by atoms with E-state index in [1.54, 1.807) is 4.90 Å². The number of ether oxygens (including phenoxy) is 1. The quantitative estimate of drug-likeness (QED) is 0.584. The fourth-order valence-electron chi connectivity index (χ4n) is 0.942. The maximum atomic E-state index is 10.1. The number of carbonyl (C=O) groups is 1. The van der Waals surface area contributed by atoms with E-state index < -0.39 is 5.97 Å². The van der Waals surface area contributed by atoms with Crippen LogP contribution in [0.1, 0.15) is 0 Å². The minimum atomic E-state index is -1.01. The molecule has 1 aliphatic heterocycles. The number of carbonyl (C=O) groups excluding carboxylic acids is 1. The third kappa shape index (κ3) is 14.0. The molecule has 0 atom stereocenters. The molecule has 0 unspecified atom stereocenters. The second-order valence-corrected chi connectivity index (χ2v) is 2.76. The Kier molecular flexibility index (Phi) is 19.9. The molecule has 16 heavy (non-hydrogen) atoms. The van der Waals surface area contributed by atoms with E-state index in [2.05, 4.69) is 0 Å². The van der Waals surface area contributed by atoms with Crippen LogP contribution in [0.5, 0.6) is 0 Å². The Morgan fingerprint density at radius 2 is 1.69 bits per heavy atom. The number of carboxylic acid groups (broad SMARTS) is 1. The molecule has 1 heterocycles. The second kappa shape index (κ2) is 15.0. The fourth-order valence-corrected chi connectivity index (χ4v) is 0.942. The van der Waals surface area contributed by atoms with E-state index in [4.69, 9.17) is 16.2 Å². The minimum Gasteiger partial charge on any atom is -0.870 e. The number of aliphatic carboxylic acids is 1. The summed E-state index contributed by atoms with van der Waals surface area (Å²) < 4.78 is 5.03. The van der Waals surface area contributed by atoms with E-state index in [-0.39, 0.29) is 46.2 Å². The van der Waals surface area contributed by atoms with Crippen LogP contribution in [0.4, 0.5) is 0 Å². The van der Waals surface area contributed by atoms with Crippen LogP contribution >= 0.6 is 0 Å². The van der Waals surface area contributed by atoms with E-state index in [0.29, 0.717) is 26.3 Å². The number of carboxylic acids is 1. The van der Waals surface area contributed by atoms with Crippen LogP contribution in [0.2, 0.25) is 0 Å². The van der Waals surface area contributed by atoms with Crippen molar-refractivity contribution >= 4 is 5.97 Å². The van der Waals surface area contributed by atoms with Gasteiger partial charge in [0.05, 0.1) is 19.2 Å². The van der Waals surface area contributed by atoms with Gasteiger partial charge in [0, 0.05) is 19.6 Å². The van der Waals surface area contributed by atoms with E-state index in [0.717, 1.165) is 0 Å². The van der Waals surface area contributed by atoms with Crippen LogP contribution in [0.15, 0.2) is 0 Å². The van der Waals surface area contributed by atoms with Gasteiger partial charge in [0.25, 0.3) is 0 Å². The normalized spacial score (nSPS) is 14.9. The number of rotatable bonds is 3. The Morgan fingerprint density at radius 3 is 2.00 bits per heavy atom. The summed E-state index contributed by atoms with van der Waals surface area (Å²) in [5.41, 5.74) is 12.5. The standard InChI is InChI=1S/C6H11NO3.C2H6N2.H2O.Pt/c8-6(9)5-7-1-3-10-4-2-7;3-1-2-4;;/h1-5H2,(H,8,9);3-4H,1-2H2;1H2;/q;-2;;+4/p-2. The molecule has 1 rings (SSSR count). The molecule has 0 aromatic heterocycles. The molecule has 98 valence electrons. The van der Waals surface area contributed by atoms with Crippen molar-refractivity contribution in [2.75, 3.05) is 45.9 Å². The Balaban J connectivity index is -0.000000249. The zero-order valence-corrected chi connectivity index (χ0v) is 11.2. The zero-order chi connectivity index (χ0) is 10.8. The molecule has 0 aliphatic carbocycles. The van der Waals surface area contributed by atoms with E-state index in [9.17, 15) is 9.90 Å². The van der Waals surface area contributed by atoms with Gasteiger partial charge in [0.1, 0.15) is 0 Å². The number of nitrogens with one attached hydrogen (secondary N) is 2. The van der Waals surface area contributed by atoms with Gasteiger partial charge < -0.3 is 31.6 Å². The van der Waals surface area contributed by atoms with Crippen molar-refractivity contribution < 1.29 is 41.2 Å². The van der Waals surface area contributed by atoms with Crippen molar-refractivity contribution in [3.05, 3.63) is 11.5 Å². The molecule has 8 heteroatoms. The van der Waals surface area contributed by atoms with Crippen molar-refractivity contribution in [3.63, 3.8) is 0 Å². The summed E-state index contributed by atoms with van der Waals surface area (Å²) in [6.45, 7) is 3.17. The molecule has 0 aromatic rings. The number of morpholine rings is 1. The average Bonchev–Trinajstić information content (AvgIpc) is 2.19. The first kappa shape index (κ1) is 21.3. The van der Waals surface area contributed by atoms with Crippen molar-refractivity contribution in [1.82, 2.24) is 4.90 Å². The van der Waals surface area contributed by atoms with Gasteiger partial charge >= 0.3 is 21.1 Å². The van der Waals surface area contributed by atoms with Crippen LogP contribution in [0.25, 0.3) is 11.5 Å². The van der Waals surface area contributed by atoms with Gasteiger partial charge in [-0.15, -0.1) is 0 Å². The zero-order valence-electron chi connectivity index (χ0n) is 8.89. The summed E-state index contributed by atoms with van der Waals surface area (Å²) in [6.07, 6.45) is 0. The van der Waals surface area contributed by atoms with Crippen molar-refractivity contribution in [3.8, 4) is 0 Å². The molecule has 0 bridgehead atoms. The summed E-state index contributed by atoms with van der Waals surface area (Å²) in [6, 6.07) is 0. The SMILES string of the molecule is O=C([O-])CN1CCOCC1.[NH-]CC[NH-].[OH-].[Pt+4]. The van der Waals surface area contributed by atoms with Gasteiger partial charge in [-0.3, -0.25) is 4.90 Å². The molecule has 1 fully saturated rings. The predicted octanol–water partition coefficient (Wildman–Crippen LogP) is -1.02. The van der Waals surface area contributed by atoms with Crippen LogP contribution < -0.4 is 5.11 Å². The van der Waals surface area contributed by atoms with Crippen molar-refractivity contribution in [1.29, 1.82) is 0 Å². The molecule has 0 spiro atoms. The summed E-state index contributed by atoms with van der Waals surface area (Å²) in [7, 11) is 0. The number of hydrogen-bond donors (Lipinski definition) is 0. The van der Waals surface area contributed by atoms with E-state index in [1.165, 1.54) is 0 Å². The summed E-state index contributed by atoms with van der Waals surface area (Å²) in [4.78, 5) is 11.9. The third-order valence-corrected chi connectivity index (χ3v) is 1.58. The molecule has 3 N–H and O–H groups in total. The summed E-state index contributed by atoms with van der Waals surface area (Å²) >= 11 is 0. The van der Waals surface area contributed by atoms with Gasteiger partial charge in [0.2, 0.25) is 0 Å². The molecule has 0 radical (unpaired) electrons. The van der Waals surface area contributed by atoms with Crippen molar-refractivity contribution in [2.45, 2.75) is 0 Å². The van der Waals surface area contributed by atoms with Gasteiger partial charge in [-0.1, -0.05) is 0 Å². The Labute approximate surface area is 110 Å². The first-order valence-electron chi connectivity index (χ1n) is 4.49. The Bertz CT molecular complexity index is 154. The predicted molar refractivity (Wildman–Crippen MR) is 52.6 cm³/mol. The van der Waals surface area contributed by atoms with Crippen LogP contribution in [0, 0.1) is 0 Å². The van der Waals surface area contributed by atoms with E-state index in [1.807, 2.05) is 0 Å². The average molecular weight is 414 g/mol. The van der Waals surface area contributed by atoms with Gasteiger partial charge in [-0.05, 0) is 0 Å². The molecule has 0 saturated carbocycles. The topological polar surface area (TPSA) is 130 Å². The van der Waals surface area contributed by atoms with Crippen molar-refractivity contribution in [2.24, 2.45) is 0 Å². The summed E-state index contributed by atoms with van der Waals surface area (Å²) in [5, 5.41) is 10.1. The van der Waals surface area contributed by atoms with Crippen LogP contribution in [0.3, 0.4) is 0 Å². The fraction of sp³-hybridized carbons (Fsp3) is 0.875. The maximum absolute atomic E-state index is 10.1. The molecular weight excluding hydrogens is 397 g/mol.